The molecule has 4 aromatic carbocycles. The molecule has 14 nitrogen and oxygen atoms in total. The largest absolute Gasteiger partial charge is 0.453 e. The fraction of sp³-hybridized carbons (Fsp3) is 0.444. The van der Waals surface area contributed by atoms with Crippen LogP contribution in [-0.4, -0.2) is 92.1 Å². The second kappa shape index (κ2) is 17.1. The van der Waals surface area contributed by atoms with E-state index >= 15 is 0 Å². The van der Waals surface area contributed by atoms with Crippen molar-refractivity contribution >= 4 is 46.1 Å². The number of methoxy groups -OCH3 is 2. The Kier molecular flexibility index (Phi) is 11.0. The van der Waals surface area contributed by atoms with Gasteiger partial charge in [0.05, 0.1) is 48.4 Å². The summed E-state index contributed by atoms with van der Waals surface area (Å²) in [6, 6.07) is 25.4. The quantitative estimate of drug-likeness (QED) is 0.106. The number of ether oxygens (including phenoxy) is 2. The Hall–Kier alpha value is -6.70. The third-order valence-electron chi connectivity index (χ3n) is 15.5. The van der Waals surface area contributed by atoms with Crippen LogP contribution in [0.4, 0.5) is 9.59 Å². The average Bonchev–Trinajstić information content (AvgIpc) is 3.99. The molecule has 14 heteroatoms. The number of hydrogen-bond acceptors (Lipinski definition) is 8. The zero-order chi connectivity index (χ0) is 47.1. The van der Waals surface area contributed by atoms with Crippen molar-refractivity contribution in [1.29, 1.82) is 0 Å². The van der Waals surface area contributed by atoms with Crippen molar-refractivity contribution < 1.29 is 28.7 Å². The number of alkyl carbamates (subject to hydrolysis) is 2. The lowest BCUT2D eigenvalue weighted by molar-refractivity contribution is -0.137. The maximum Gasteiger partial charge on any atom is 0.407 e. The Morgan fingerprint density at radius 1 is 0.574 bits per heavy atom. The van der Waals surface area contributed by atoms with Crippen molar-refractivity contribution in [2.45, 2.75) is 115 Å². The van der Waals surface area contributed by atoms with Crippen LogP contribution in [0.3, 0.4) is 0 Å². The van der Waals surface area contributed by atoms with Gasteiger partial charge in [0.1, 0.15) is 23.7 Å². The van der Waals surface area contributed by atoms with Gasteiger partial charge in [0, 0.05) is 12.1 Å². The topological polar surface area (TPSA) is 175 Å². The van der Waals surface area contributed by atoms with Crippen molar-refractivity contribution in [3.05, 3.63) is 107 Å². The molecule has 6 aliphatic carbocycles. The highest BCUT2D eigenvalue weighted by atomic mass is 16.5. The van der Waals surface area contributed by atoms with Crippen molar-refractivity contribution in [2.75, 3.05) is 14.2 Å². The van der Waals surface area contributed by atoms with Gasteiger partial charge in [0.15, 0.2) is 0 Å². The Morgan fingerprint density at radius 3 is 1.40 bits per heavy atom. The molecule has 2 aliphatic heterocycles. The van der Waals surface area contributed by atoms with E-state index in [2.05, 4.69) is 93.4 Å². The van der Waals surface area contributed by atoms with Crippen LogP contribution >= 0.6 is 0 Å². The lowest BCUT2D eigenvalue weighted by atomic mass is 9.87. The first-order valence-electron chi connectivity index (χ1n) is 24.4. The lowest BCUT2D eigenvalue weighted by Gasteiger charge is -2.31. The van der Waals surface area contributed by atoms with Gasteiger partial charge in [0.2, 0.25) is 11.8 Å². The van der Waals surface area contributed by atoms with Crippen LogP contribution in [0.2, 0.25) is 0 Å². The number of aryl methyl sites for hydroxylation is 4. The third kappa shape index (κ3) is 7.94. The zero-order valence-corrected chi connectivity index (χ0v) is 39.6. The number of fused-ring (bicyclic) bond motifs is 4. The highest BCUT2D eigenvalue weighted by molar-refractivity contribution is 5.89. The number of piperidine rings is 2. The van der Waals surface area contributed by atoms with Crippen LogP contribution < -0.4 is 10.6 Å². The monoisotopic (exact) mass is 916 g/mol. The van der Waals surface area contributed by atoms with E-state index in [-0.39, 0.29) is 47.8 Å². The predicted molar refractivity (Wildman–Crippen MR) is 258 cm³/mol. The molecule has 6 aromatic rings. The van der Waals surface area contributed by atoms with Gasteiger partial charge in [-0.05, 0) is 144 Å². The molecule has 14 rings (SSSR count). The van der Waals surface area contributed by atoms with E-state index in [1.807, 2.05) is 37.5 Å². The number of hydrogen-bond donors (Lipinski definition) is 4. The van der Waals surface area contributed by atoms with E-state index in [1.54, 1.807) is 0 Å². The number of carbonyl (C=O) groups excluding carboxylic acids is 4. The normalized spacial score (nSPS) is 23.3. The number of benzene rings is 4. The molecular formula is C54H60N8O6. The van der Waals surface area contributed by atoms with Crippen LogP contribution in [0.25, 0.3) is 44.3 Å². The molecule has 4 bridgehead atoms. The molecule has 4 fully saturated rings. The van der Waals surface area contributed by atoms with Crippen LogP contribution in [0.1, 0.15) is 99.4 Å². The summed E-state index contributed by atoms with van der Waals surface area (Å²) in [5.74, 6) is 2.08. The molecule has 8 aliphatic rings. The summed E-state index contributed by atoms with van der Waals surface area (Å²) >= 11 is 0. The maximum atomic E-state index is 14.0. The van der Waals surface area contributed by atoms with Gasteiger partial charge in [-0.1, -0.05) is 76.2 Å². The molecule has 2 saturated carbocycles. The first-order chi connectivity index (χ1) is 32.8. The van der Waals surface area contributed by atoms with E-state index in [0.717, 1.165) is 96.2 Å². The summed E-state index contributed by atoms with van der Waals surface area (Å²) in [6.45, 7) is 7.76. The standard InChI is InChI=1S/C54H60N8O6/c1-27(2)47(59-53(65)67-5)51(63)61-43-23-35(43)25-45(61)49-55-39-17-15-33(21-41(39)57-49)37-19-29-7-11-31(37)13-9-30-8-12-32(14-10-29)38(20-30)34-16-18-40-42(22-34)58-50(56-40)46-26-36-24-44(36)62(46)52(64)48(28(3)4)60-54(66)68-6/h7-8,11-12,15-22,27-28,35-36,43-48H,9-10,13-14,23-26H2,1-6H3,(H,55,57)(H,56,58)(H,59,65)(H,60,66)/t35-,36-,43-,44-,45+,46?,47?,48?/m1/s1. The first kappa shape index (κ1) is 43.8. The Labute approximate surface area is 396 Å². The number of nitrogens with one attached hydrogen (secondary N) is 4. The van der Waals surface area contributed by atoms with Gasteiger partial charge >= 0.3 is 12.2 Å². The maximum absolute atomic E-state index is 14.0. The summed E-state index contributed by atoms with van der Waals surface area (Å²) in [4.78, 5) is 73.9. The molecular weight excluding hydrogens is 857 g/mol. The van der Waals surface area contributed by atoms with Crippen LogP contribution in [-0.2, 0) is 44.7 Å². The average molecular weight is 917 g/mol. The van der Waals surface area contributed by atoms with E-state index in [9.17, 15) is 19.2 Å². The van der Waals surface area contributed by atoms with Gasteiger partial charge in [-0.3, -0.25) is 9.59 Å². The van der Waals surface area contributed by atoms with E-state index < -0.39 is 24.3 Å². The molecule has 4 heterocycles. The molecule has 352 valence electrons. The minimum absolute atomic E-state index is 0.0860. The number of carbonyl (C=O) groups is 4. The molecule has 0 spiro atoms. The number of aromatic nitrogens is 4. The summed E-state index contributed by atoms with van der Waals surface area (Å²) in [6.07, 6.45) is 5.92. The number of likely N-dealkylation sites (tertiary alicyclic amines) is 2. The van der Waals surface area contributed by atoms with Crippen LogP contribution in [0.15, 0.2) is 72.8 Å². The first-order valence-corrected chi connectivity index (χ1v) is 24.4. The zero-order valence-electron chi connectivity index (χ0n) is 39.6. The van der Waals surface area contributed by atoms with E-state index in [1.165, 1.54) is 47.6 Å². The Balaban J connectivity index is 0.831. The molecule has 68 heavy (non-hydrogen) atoms. The van der Waals surface area contributed by atoms with E-state index in [0.29, 0.717) is 11.8 Å². The molecule has 8 atom stereocenters. The van der Waals surface area contributed by atoms with Gasteiger partial charge in [-0.2, -0.15) is 0 Å². The molecule has 3 unspecified atom stereocenters. The number of amides is 4. The van der Waals surface area contributed by atoms with Crippen molar-refractivity contribution in [3.63, 3.8) is 0 Å². The summed E-state index contributed by atoms with van der Waals surface area (Å²) in [5.41, 5.74) is 13.4. The highest BCUT2D eigenvalue weighted by Crippen LogP contribution is 2.55. The van der Waals surface area contributed by atoms with Crippen molar-refractivity contribution in [3.8, 4) is 22.3 Å². The smallest absolute Gasteiger partial charge is 0.407 e. The number of H-pyrrole nitrogens is 2. The summed E-state index contributed by atoms with van der Waals surface area (Å²) in [5, 5.41) is 5.56. The molecule has 4 amide bonds. The van der Waals surface area contributed by atoms with Gasteiger partial charge in [0.25, 0.3) is 0 Å². The fourth-order valence-corrected chi connectivity index (χ4v) is 11.5. The molecule has 2 saturated heterocycles. The summed E-state index contributed by atoms with van der Waals surface area (Å²) in [7, 11) is 2.63. The molecule has 4 N–H and O–H groups in total. The second-order valence-electron chi connectivity index (χ2n) is 20.5. The molecule has 0 radical (unpaired) electrons. The highest BCUT2D eigenvalue weighted by Gasteiger charge is 2.57. The number of rotatable bonds is 10. The number of nitrogens with zero attached hydrogens (tertiary/aromatic N) is 4. The van der Waals surface area contributed by atoms with E-state index in [4.69, 9.17) is 19.4 Å². The van der Waals surface area contributed by atoms with Gasteiger partial charge in [-0.15, -0.1) is 0 Å². The predicted octanol–water partition coefficient (Wildman–Crippen LogP) is 8.74. The van der Waals surface area contributed by atoms with Crippen LogP contribution in [0, 0.1) is 23.7 Å². The van der Waals surface area contributed by atoms with Gasteiger partial charge < -0.3 is 39.9 Å². The SMILES string of the molecule is COC(=O)NC(C(=O)N1C(c2nc3cc(-c4cc5ccc4CCc4ccc(c(-c6ccc7[nH]c([C@@H]8C[C@H]9C[C@H]9N8C(=O)C(NC(=O)OC)C(C)C)nc7c6)c4)CC5)ccc3[nH]2)C[C@H]2C[C@H]21)C(C)C. The minimum Gasteiger partial charge on any atom is -0.453 e. The number of aromatic amines is 2. The third-order valence-corrected chi connectivity index (χ3v) is 15.5. The van der Waals surface area contributed by atoms with Gasteiger partial charge in [-0.25, -0.2) is 19.6 Å². The second-order valence-corrected chi connectivity index (χ2v) is 20.5. The van der Waals surface area contributed by atoms with Crippen molar-refractivity contribution in [2.24, 2.45) is 23.7 Å². The lowest BCUT2D eigenvalue weighted by Crippen LogP contribution is -2.52. The fourth-order valence-electron chi connectivity index (χ4n) is 11.5. The molecule has 2 aromatic heterocycles. The Bertz CT molecular complexity index is 2790. The van der Waals surface area contributed by atoms with Crippen molar-refractivity contribution in [1.82, 2.24) is 40.4 Å². The summed E-state index contributed by atoms with van der Waals surface area (Å²) < 4.78 is 9.72. The number of imidazole rings is 2. The Morgan fingerprint density at radius 2 is 1.00 bits per heavy atom. The minimum atomic E-state index is -0.681. The van der Waals surface area contributed by atoms with Crippen LogP contribution in [0.5, 0.6) is 0 Å².